The molecule has 0 aliphatic rings. The topological polar surface area (TPSA) is 60.7 Å². The highest BCUT2D eigenvalue weighted by Crippen LogP contribution is 2.24. The van der Waals surface area contributed by atoms with Crippen LogP contribution in [0, 0.1) is 16.5 Å². The number of benzene rings is 2. The maximum Gasteiger partial charge on any atom is 0.253 e. The standard InChI is InChI=1S/C19H20FN3OS/c1-11(2)15(12-6-4-3-5-7-12)10-21-18(24)14-8-13(20)9-16-17(14)23-19(25)22-16/h3-9,11,15H,10H2,1-2H3,(H,21,24)(H2,22,23,25). The monoisotopic (exact) mass is 357 g/mol. The van der Waals surface area contributed by atoms with Gasteiger partial charge in [0.15, 0.2) is 4.77 Å². The van der Waals surface area contributed by atoms with Gasteiger partial charge in [-0.15, -0.1) is 0 Å². The first-order valence-electron chi connectivity index (χ1n) is 8.20. The molecule has 3 rings (SSSR count). The van der Waals surface area contributed by atoms with Gasteiger partial charge in [0.1, 0.15) is 5.82 Å². The second-order valence-corrected chi connectivity index (χ2v) is 6.83. The number of aromatic amines is 2. The molecule has 0 saturated carbocycles. The number of hydrogen-bond donors (Lipinski definition) is 3. The molecule has 3 aromatic rings. The van der Waals surface area contributed by atoms with Crippen LogP contribution >= 0.6 is 12.2 Å². The molecule has 0 spiro atoms. The van der Waals surface area contributed by atoms with Crippen LogP contribution in [0.5, 0.6) is 0 Å². The maximum absolute atomic E-state index is 13.8. The summed E-state index contributed by atoms with van der Waals surface area (Å²) in [7, 11) is 0. The largest absolute Gasteiger partial charge is 0.351 e. The Kier molecular flexibility index (Phi) is 4.99. The zero-order valence-corrected chi connectivity index (χ0v) is 14.9. The number of aromatic nitrogens is 2. The van der Waals surface area contributed by atoms with Crippen molar-refractivity contribution in [3.05, 3.63) is 64.2 Å². The summed E-state index contributed by atoms with van der Waals surface area (Å²) in [5, 5.41) is 2.93. The van der Waals surface area contributed by atoms with Crippen LogP contribution < -0.4 is 5.32 Å². The molecule has 0 aliphatic heterocycles. The third kappa shape index (κ3) is 3.79. The number of H-pyrrole nitrogens is 2. The number of amides is 1. The molecule has 2 aromatic carbocycles. The van der Waals surface area contributed by atoms with Crippen LogP contribution in [0.4, 0.5) is 4.39 Å². The second kappa shape index (κ2) is 7.19. The van der Waals surface area contributed by atoms with Crippen molar-refractivity contribution in [2.45, 2.75) is 19.8 Å². The Morgan fingerprint density at radius 3 is 2.60 bits per heavy atom. The molecule has 130 valence electrons. The van der Waals surface area contributed by atoms with Crippen molar-refractivity contribution in [3.63, 3.8) is 0 Å². The van der Waals surface area contributed by atoms with E-state index in [2.05, 4.69) is 41.3 Å². The molecule has 1 atom stereocenters. The molecule has 4 nitrogen and oxygen atoms in total. The molecule has 0 bridgehead atoms. The van der Waals surface area contributed by atoms with Crippen LogP contribution in [0.2, 0.25) is 0 Å². The Hall–Kier alpha value is -2.47. The van der Waals surface area contributed by atoms with Gasteiger partial charge in [0, 0.05) is 12.5 Å². The van der Waals surface area contributed by atoms with Gasteiger partial charge in [0.05, 0.1) is 16.6 Å². The minimum Gasteiger partial charge on any atom is -0.351 e. The lowest BCUT2D eigenvalue weighted by Crippen LogP contribution is -2.30. The summed E-state index contributed by atoms with van der Waals surface area (Å²) in [5.41, 5.74) is 2.42. The zero-order chi connectivity index (χ0) is 18.0. The fourth-order valence-electron chi connectivity index (χ4n) is 3.02. The Bertz CT molecular complexity index is 946. The number of nitrogens with one attached hydrogen (secondary N) is 3. The smallest absolute Gasteiger partial charge is 0.253 e. The van der Waals surface area contributed by atoms with Gasteiger partial charge in [-0.05, 0) is 35.8 Å². The van der Waals surface area contributed by atoms with E-state index in [0.717, 1.165) is 0 Å². The highest BCUT2D eigenvalue weighted by Gasteiger charge is 2.19. The summed E-state index contributed by atoms with van der Waals surface area (Å²) in [6, 6.07) is 12.6. The molecule has 1 unspecified atom stereocenters. The number of imidazole rings is 1. The molecular formula is C19H20FN3OS. The predicted molar refractivity (Wildman–Crippen MR) is 99.8 cm³/mol. The Labute approximate surface area is 150 Å². The third-order valence-electron chi connectivity index (χ3n) is 4.35. The van der Waals surface area contributed by atoms with E-state index >= 15 is 0 Å². The quantitative estimate of drug-likeness (QED) is 0.587. The molecule has 0 fully saturated rings. The van der Waals surface area contributed by atoms with E-state index in [0.29, 0.717) is 28.3 Å². The molecule has 25 heavy (non-hydrogen) atoms. The highest BCUT2D eigenvalue weighted by molar-refractivity contribution is 7.71. The lowest BCUT2D eigenvalue weighted by molar-refractivity contribution is 0.0950. The summed E-state index contributed by atoms with van der Waals surface area (Å²) in [4.78, 5) is 18.4. The number of carbonyl (C=O) groups is 1. The number of rotatable bonds is 5. The van der Waals surface area contributed by atoms with Gasteiger partial charge in [0.25, 0.3) is 5.91 Å². The van der Waals surface area contributed by atoms with Crippen molar-refractivity contribution in [2.75, 3.05) is 6.54 Å². The van der Waals surface area contributed by atoms with E-state index in [1.54, 1.807) is 0 Å². The van der Waals surface area contributed by atoms with Gasteiger partial charge in [-0.3, -0.25) is 4.79 Å². The molecule has 1 heterocycles. The van der Waals surface area contributed by atoms with Gasteiger partial charge in [0.2, 0.25) is 0 Å². The number of fused-ring (bicyclic) bond motifs is 1. The lowest BCUT2D eigenvalue weighted by Gasteiger charge is -2.22. The molecule has 0 aliphatic carbocycles. The average molecular weight is 357 g/mol. The van der Waals surface area contributed by atoms with E-state index in [1.807, 2.05) is 18.2 Å². The first-order valence-corrected chi connectivity index (χ1v) is 8.61. The first kappa shape index (κ1) is 17.4. The first-order chi connectivity index (χ1) is 12.0. The van der Waals surface area contributed by atoms with Crippen LogP contribution in [-0.4, -0.2) is 22.4 Å². The average Bonchev–Trinajstić information content (AvgIpc) is 2.94. The maximum atomic E-state index is 13.8. The fourth-order valence-corrected chi connectivity index (χ4v) is 3.23. The van der Waals surface area contributed by atoms with Crippen molar-refractivity contribution in [2.24, 2.45) is 5.92 Å². The molecule has 6 heteroatoms. The molecular weight excluding hydrogens is 337 g/mol. The van der Waals surface area contributed by atoms with Crippen LogP contribution in [0.25, 0.3) is 11.0 Å². The molecule has 1 aromatic heterocycles. The Morgan fingerprint density at radius 2 is 1.92 bits per heavy atom. The van der Waals surface area contributed by atoms with Gasteiger partial charge in [-0.1, -0.05) is 44.2 Å². The molecule has 0 radical (unpaired) electrons. The summed E-state index contributed by atoms with van der Waals surface area (Å²) in [6.45, 7) is 4.71. The number of halogens is 1. The van der Waals surface area contributed by atoms with Crippen molar-refractivity contribution < 1.29 is 9.18 Å². The summed E-state index contributed by atoms with van der Waals surface area (Å²) in [5.74, 6) is -0.269. The van der Waals surface area contributed by atoms with Crippen LogP contribution in [0.15, 0.2) is 42.5 Å². The summed E-state index contributed by atoms with van der Waals surface area (Å²) < 4.78 is 14.2. The Morgan fingerprint density at radius 1 is 1.20 bits per heavy atom. The van der Waals surface area contributed by atoms with Crippen LogP contribution in [0.3, 0.4) is 0 Å². The van der Waals surface area contributed by atoms with Gasteiger partial charge in [-0.2, -0.15) is 0 Å². The minimum absolute atomic E-state index is 0.180. The van der Waals surface area contributed by atoms with Crippen molar-refractivity contribution in [3.8, 4) is 0 Å². The summed E-state index contributed by atoms with van der Waals surface area (Å²) in [6.07, 6.45) is 0. The predicted octanol–water partition coefficient (Wildman–Crippen LogP) is 4.53. The van der Waals surface area contributed by atoms with E-state index < -0.39 is 5.82 Å². The number of hydrogen-bond acceptors (Lipinski definition) is 2. The third-order valence-corrected chi connectivity index (χ3v) is 4.55. The van der Waals surface area contributed by atoms with Crippen LogP contribution in [0.1, 0.15) is 35.7 Å². The Balaban J connectivity index is 1.84. The van der Waals surface area contributed by atoms with Gasteiger partial charge in [-0.25, -0.2) is 4.39 Å². The molecule has 1 amide bonds. The SMILES string of the molecule is CC(C)C(CNC(=O)c1cc(F)cc2[nH]c(=S)[nH]c12)c1ccccc1. The van der Waals surface area contributed by atoms with E-state index in [4.69, 9.17) is 12.2 Å². The zero-order valence-electron chi connectivity index (χ0n) is 14.1. The number of carbonyl (C=O) groups excluding carboxylic acids is 1. The summed E-state index contributed by atoms with van der Waals surface area (Å²) >= 11 is 5.04. The minimum atomic E-state index is -0.480. The van der Waals surface area contributed by atoms with E-state index in [-0.39, 0.29) is 17.4 Å². The van der Waals surface area contributed by atoms with Crippen molar-refractivity contribution in [1.29, 1.82) is 0 Å². The van der Waals surface area contributed by atoms with Gasteiger partial charge < -0.3 is 15.3 Å². The van der Waals surface area contributed by atoms with Crippen molar-refractivity contribution in [1.82, 2.24) is 15.3 Å². The van der Waals surface area contributed by atoms with Crippen molar-refractivity contribution >= 4 is 29.2 Å². The lowest BCUT2D eigenvalue weighted by atomic mass is 9.88. The van der Waals surface area contributed by atoms with E-state index in [1.165, 1.54) is 17.7 Å². The highest BCUT2D eigenvalue weighted by atomic mass is 32.1. The second-order valence-electron chi connectivity index (χ2n) is 6.43. The van der Waals surface area contributed by atoms with Crippen LogP contribution in [-0.2, 0) is 0 Å². The normalized spacial score (nSPS) is 12.5. The molecule has 3 N–H and O–H groups in total. The fraction of sp³-hybridized carbons (Fsp3) is 0.263. The van der Waals surface area contributed by atoms with E-state index in [9.17, 15) is 9.18 Å². The van der Waals surface area contributed by atoms with Gasteiger partial charge >= 0.3 is 0 Å². The molecule has 0 saturated heterocycles.